The topological polar surface area (TPSA) is 57.7 Å². The second-order valence-corrected chi connectivity index (χ2v) is 6.18. The number of sulfonamides is 1. The summed E-state index contributed by atoms with van der Waals surface area (Å²) in [7, 11) is 0.237. The van der Waals surface area contributed by atoms with Crippen LogP contribution in [-0.2, 0) is 14.8 Å². The average Bonchev–Trinajstić information content (AvgIpc) is 2.15. The molecule has 1 unspecified atom stereocenters. The highest BCUT2D eigenvalue weighted by Crippen LogP contribution is 2.19. The normalized spacial score (nSPS) is 23.8. The van der Waals surface area contributed by atoms with Crippen molar-refractivity contribution in [1.29, 1.82) is 0 Å². The van der Waals surface area contributed by atoms with Crippen molar-refractivity contribution < 1.29 is 13.2 Å². The van der Waals surface area contributed by atoms with Crippen molar-refractivity contribution in [3.63, 3.8) is 0 Å². The molecule has 1 aliphatic rings. The Kier molecular flexibility index (Phi) is 3.72. The number of hydrogen-bond acceptors (Lipinski definition) is 3. The molecule has 0 aromatic carbocycles. The van der Waals surface area contributed by atoms with Gasteiger partial charge in [0.1, 0.15) is 0 Å². The van der Waals surface area contributed by atoms with Crippen molar-refractivity contribution >= 4 is 15.9 Å². The lowest BCUT2D eigenvalue weighted by Gasteiger charge is -2.31. The summed E-state index contributed by atoms with van der Waals surface area (Å²) < 4.78 is 24.0. The SMILES string of the molecule is CN(C)C(=O)C1CCCN(S(C)(=O)=O)C1. The predicted molar refractivity (Wildman–Crippen MR) is 57.8 cm³/mol. The van der Waals surface area contributed by atoms with E-state index in [1.54, 1.807) is 14.1 Å². The monoisotopic (exact) mass is 234 g/mol. The van der Waals surface area contributed by atoms with E-state index < -0.39 is 10.0 Å². The Balaban J connectivity index is 2.69. The van der Waals surface area contributed by atoms with Crippen molar-refractivity contribution in [1.82, 2.24) is 9.21 Å². The van der Waals surface area contributed by atoms with E-state index in [0.717, 1.165) is 12.8 Å². The third-order valence-electron chi connectivity index (χ3n) is 2.64. The van der Waals surface area contributed by atoms with Crippen molar-refractivity contribution in [2.45, 2.75) is 12.8 Å². The highest BCUT2D eigenvalue weighted by atomic mass is 32.2. The summed E-state index contributed by atoms with van der Waals surface area (Å²) in [6.45, 7) is 0.867. The van der Waals surface area contributed by atoms with Crippen LogP contribution in [0.5, 0.6) is 0 Å². The number of hydrogen-bond donors (Lipinski definition) is 0. The summed E-state index contributed by atoms with van der Waals surface area (Å²) in [6.07, 6.45) is 2.73. The van der Waals surface area contributed by atoms with E-state index in [0.29, 0.717) is 13.1 Å². The molecule has 0 aliphatic carbocycles. The first-order chi connectivity index (χ1) is 6.82. The smallest absolute Gasteiger partial charge is 0.226 e. The van der Waals surface area contributed by atoms with Crippen LogP contribution in [0.4, 0.5) is 0 Å². The summed E-state index contributed by atoms with van der Waals surface area (Å²) in [4.78, 5) is 13.2. The zero-order chi connectivity index (χ0) is 11.6. The molecule has 1 amide bonds. The second-order valence-electron chi connectivity index (χ2n) is 4.19. The van der Waals surface area contributed by atoms with Gasteiger partial charge < -0.3 is 4.90 Å². The Bertz CT molecular complexity index is 337. The zero-order valence-electron chi connectivity index (χ0n) is 9.43. The Morgan fingerprint density at radius 3 is 2.47 bits per heavy atom. The van der Waals surface area contributed by atoms with Crippen molar-refractivity contribution in [3.8, 4) is 0 Å². The van der Waals surface area contributed by atoms with Crippen molar-refractivity contribution in [2.75, 3.05) is 33.4 Å². The molecule has 5 nitrogen and oxygen atoms in total. The molecule has 1 saturated heterocycles. The molecule has 0 aromatic heterocycles. The maximum absolute atomic E-state index is 11.7. The van der Waals surface area contributed by atoms with E-state index in [-0.39, 0.29) is 11.8 Å². The highest BCUT2D eigenvalue weighted by Gasteiger charge is 2.30. The molecule has 6 heteroatoms. The molecule has 15 heavy (non-hydrogen) atoms. The first-order valence-electron chi connectivity index (χ1n) is 4.98. The molecule has 1 rings (SSSR count). The third-order valence-corrected chi connectivity index (χ3v) is 3.91. The van der Waals surface area contributed by atoms with E-state index in [1.165, 1.54) is 15.5 Å². The number of piperidine rings is 1. The van der Waals surface area contributed by atoms with Gasteiger partial charge in [0.15, 0.2) is 0 Å². The summed E-state index contributed by atoms with van der Waals surface area (Å²) in [5.41, 5.74) is 0. The van der Waals surface area contributed by atoms with Crippen LogP contribution in [0.3, 0.4) is 0 Å². The molecule has 1 fully saturated rings. The molecule has 0 radical (unpaired) electrons. The maximum atomic E-state index is 11.7. The van der Waals surface area contributed by atoms with Gasteiger partial charge in [-0.3, -0.25) is 4.79 Å². The molecule has 1 atom stereocenters. The van der Waals surface area contributed by atoms with Crippen LogP contribution in [0.2, 0.25) is 0 Å². The van der Waals surface area contributed by atoms with Gasteiger partial charge in [-0.2, -0.15) is 0 Å². The fourth-order valence-electron chi connectivity index (χ4n) is 1.81. The lowest BCUT2D eigenvalue weighted by atomic mass is 9.98. The second kappa shape index (κ2) is 4.49. The molecular weight excluding hydrogens is 216 g/mol. The Morgan fingerprint density at radius 1 is 1.40 bits per heavy atom. The molecule has 0 aromatic rings. The molecule has 0 N–H and O–H groups in total. The Morgan fingerprint density at radius 2 is 2.00 bits per heavy atom. The number of nitrogens with zero attached hydrogens (tertiary/aromatic N) is 2. The maximum Gasteiger partial charge on any atom is 0.226 e. The lowest BCUT2D eigenvalue weighted by molar-refractivity contribution is -0.134. The highest BCUT2D eigenvalue weighted by molar-refractivity contribution is 7.88. The van der Waals surface area contributed by atoms with E-state index in [2.05, 4.69) is 0 Å². The zero-order valence-corrected chi connectivity index (χ0v) is 10.2. The third kappa shape index (κ3) is 3.17. The fraction of sp³-hybridized carbons (Fsp3) is 0.889. The fourth-order valence-corrected chi connectivity index (χ4v) is 2.72. The van der Waals surface area contributed by atoms with Gasteiger partial charge in [-0.05, 0) is 12.8 Å². The van der Waals surface area contributed by atoms with Crippen molar-refractivity contribution in [3.05, 3.63) is 0 Å². The quantitative estimate of drug-likeness (QED) is 0.662. The van der Waals surface area contributed by atoms with Crippen LogP contribution >= 0.6 is 0 Å². The largest absolute Gasteiger partial charge is 0.349 e. The van der Waals surface area contributed by atoms with Gasteiger partial charge >= 0.3 is 0 Å². The minimum absolute atomic E-state index is 0.0170. The van der Waals surface area contributed by atoms with Crippen LogP contribution < -0.4 is 0 Å². The average molecular weight is 234 g/mol. The van der Waals surface area contributed by atoms with Gasteiger partial charge in [0.05, 0.1) is 12.2 Å². The van der Waals surface area contributed by atoms with E-state index >= 15 is 0 Å². The van der Waals surface area contributed by atoms with Gasteiger partial charge in [-0.25, -0.2) is 12.7 Å². The van der Waals surface area contributed by atoms with Gasteiger partial charge in [-0.1, -0.05) is 0 Å². The molecule has 1 aliphatic heterocycles. The van der Waals surface area contributed by atoms with Crippen LogP contribution in [-0.4, -0.2) is 57.0 Å². The van der Waals surface area contributed by atoms with Crippen molar-refractivity contribution in [2.24, 2.45) is 5.92 Å². The molecule has 88 valence electrons. The first kappa shape index (κ1) is 12.4. The summed E-state index contributed by atoms with van der Waals surface area (Å²) >= 11 is 0. The van der Waals surface area contributed by atoms with E-state index in [9.17, 15) is 13.2 Å². The van der Waals surface area contributed by atoms with Gasteiger partial charge in [0.25, 0.3) is 0 Å². The summed E-state index contributed by atoms with van der Waals surface area (Å²) in [5.74, 6) is -0.160. The van der Waals surface area contributed by atoms with E-state index in [1.807, 2.05) is 0 Å². The van der Waals surface area contributed by atoms with Gasteiger partial charge in [0.2, 0.25) is 15.9 Å². The van der Waals surface area contributed by atoms with Gasteiger partial charge in [-0.15, -0.1) is 0 Å². The molecule has 0 spiro atoms. The number of rotatable bonds is 2. The van der Waals surface area contributed by atoms with Crippen LogP contribution in [0.15, 0.2) is 0 Å². The minimum atomic E-state index is -3.16. The lowest BCUT2D eigenvalue weighted by Crippen LogP contribution is -2.44. The Hall–Kier alpha value is -0.620. The van der Waals surface area contributed by atoms with Gasteiger partial charge in [0, 0.05) is 27.2 Å². The number of carbonyl (C=O) groups excluding carboxylic acids is 1. The Labute approximate surface area is 91.1 Å². The standard InChI is InChI=1S/C9H18N2O3S/c1-10(2)9(12)8-5-4-6-11(7-8)15(3,13)14/h8H,4-7H2,1-3H3. The summed E-state index contributed by atoms with van der Waals surface area (Å²) in [6, 6.07) is 0. The summed E-state index contributed by atoms with van der Waals surface area (Å²) in [5, 5.41) is 0. The molecule has 0 saturated carbocycles. The van der Waals surface area contributed by atoms with Crippen LogP contribution in [0, 0.1) is 5.92 Å². The molecule has 0 bridgehead atoms. The van der Waals surface area contributed by atoms with Crippen LogP contribution in [0.1, 0.15) is 12.8 Å². The first-order valence-corrected chi connectivity index (χ1v) is 6.83. The number of amides is 1. The van der Waals surface area contributed by atoms with E-state index in [4.69, 9.17) is 0 Å². The number of carbonyl (C=O) groups is 1. The molecular formula is C9H18N2O3S. The van der Waals surface area contributed by atoms with Crippen LogP contribution in [0.25, 0.3) is 0 Å². The minimum Gasteiger partial charge on any atom is -0.349 e. The molecule has 1 heterocycles. The predicted octanol–water partition coefficient (Wildman–Crippen LogP) is -0.254.